The van der Waals surface area contributed by atoms with Gasteiger partial charge in [0.05, 0.1) is 12.2 Å². The number of ketones is 4. The third kappa shape index (κ3) is 6.33. The van der Waals surface area contributed by atoms with Crippen LogP contribution in [0.15, 0.2) is 23.3 Å². The Bertz CT molecular complexity index is 1450. The van der Waals surface area contributed by atoms with Crippen LogP contribution in [0.4, 0.5) is 0 Å². The quantitative estimate of drug-likeness (QED) is 0.266. The Morgan fingerprint density at radius 3 is 1.25 bits per heavy atom. The van der Waals surface area contributed by atoms with Crippen molar-refractivity contribution in [2.24, 2.45) is 69.0 Å². The largest absolute Gasteiger partial charge is 0.481 e. The predicted molar refractivity (Wildman–Crippen MR) is 198 cm³/mol. The van der Waals surface area contributed by atoms with Crippen LogP contribution in [0.5, 0.6) is 0 Å². The van der Waals surface area contributed by atoms with E-state index >= 15 is 0 Å². The Morgan fingerprint density at radius 1 is 0.577 bits per heavy atom. The maximum absolute atomic E-state index is 12.2. The monoisotopic (exact) mass is 720 g/mol. The maximum Gasteiger partial charge on any atom is 0.300 e. The molecular weight excluding hydrogens is 656 g/mol. The van der Waals surface area contributed by atoms with E-state index in [2.05, 4.69) is 27.7 Å². The summed E-state index contributed by atoms with van der Waals surface area (Å²) in [7, 11) is 0. The van der Waals surface area contributed by atoms with Gasteiger partial charge in [-0.15, -0.1) is 0 Å². The number of fused-ring (bicyclic) bond motifs is 10. The molecule has 8 aliphatic rings. The molecule has 8 rings (SSSR count). The number of hydrogen-bond donors (Lipinski definition) is 3. The summed E-state index contributed by atoms with van der Waals surface area (Å²) in [6.07, 6.45) is 16.5. The van der Waals surface area contributed by atoms with E-state index in [1.165, 1.54) is 11.1 Å². The minimum absolute atomic E-state index is 0.0333. The van der Waals surface area contributed by atoms with E-state index in [1.807, 2.05) is 12.2 Å². The zero-order valence-corrected chi connectivity index (χ0v) is 32.7. The molecule has 6 fully saturated rings. The van der Waals surface area contributed by atoms with Gasteiger partial charge in [0.25, 0.3) is 5.97 Å². The first-order chi connectivity index (χ1) is 24.3. The first-order valence-electron chi connectivity index (χ1n) is 20.3. The van der Waals surface area contributed by atoms with Gasteiger partial charge < -0.3 is 15.3 Å². The molecule has 0 bridgehead atoms. The lowest BCUT2D eigenvalue weighted by Gasteiger charge is -2.57. The van der Waals surface area contributed by atoms with Gasteiger partial charge >= 0.3 is 0 Å². The van der Waals surface area contributed by atoms with E-state index in [0.717, 1.165) is 84.0 Å². The van der Waals surface area contributed by atoms with Crippen molar-refractivity contribution in [3.05, 3.63) is 23.3 Å². The molecule has 0 spiro atoms. The number of hydrogen-bond acceptors (Lipinski definition) is 7. The van der Waals surface area contributed by atoms with Crippen LogP contribution in [0.3, 0.4) is 0 Å². The number of aliphatic hydroxyl groups is 2. The lowest BCUT2D eigenvalue weighted by atomic mass is 9.46. The third-order valence-corrected chi connectivity index (χ3v) is 16.9. The number of aliphatic carboxylic acids is 1. The SMILES string of the molecule is CC(=O)O.CC(=O)[C@H]1C(O)C[C@H]2[C@@H]3CCC4=CC(=O)CC[C@]4(C)[C@H]3CC[C@]12C.CC(=O)[C@H]1C(O)C[C@H]2[C@@H]3CCC4=CC(=O)CC[C@]4(C)[C@H]3CC[C@]12C. The summed E-state index contributed by atoms with van der Waals surface area (Å²) in [4.78, 5) is 57.1. The third-order valence-electron chi connectivity index (χ3n) is 16.9. The van der Waals surface area contributed by atoms with Gasteiger partial charge in [-0.25, -0.2) is 0 Å². The first kappa shape index (κ1) is 39.2. The molecule has 3 N–H and O–H groups in total. The fraction of sp³-hybridized carbons (Fsp3) is 0.795. The van der Waals surface area contributed by atoms with Crippen LogP contribution in [-0.2, 0) is 24.0 Å². The highest BCUT2D eigenvalue weighted by molar-refractivity contribution is 5.92. The smallest absolute Gasteiger partial charge is 0.300 e. The second kappa shape index (κ2) is 14.0. The topological polar surface area (TPSA) is 146 Å². The second-order valence-electron chi connectivity index (χ2n) is 19.3. The molecule has 0 amide bonds. The summed E-state index contributed by atoms with van der Waals surface area (Å²) in [5.41, 5.74) is 3.02. The number of rotatable bonds is 2. The van der Waals surface area contributed by atoms with Crippen molar-refractivity contribution in [1.82, 2.24) is 0 Å². The highest BCUT2D eigenvalue weighted by Crippen LogP contribution is 2.68. The zero-order valence-electron chi connectivity index (χ0n) is 32.7. The van der Waals surface area contributed by atoms with Crippen LogP contribution in [0, 0.1) is 69.0 Å². The molecule has 0 radical (unpaired) electrons. The molecule has 0 aromatic rings. The Hall–Kier alpha value is -2.45. The highest BCUT2D eigenvalue weighted by Gasteiger charge is 2.63. The minimum Gasteiger partial charge on any atom is -0.481 e. The number of carboxylic acid groups (broad SMARTS) is 1. The van der Waals surface area contributed by atoms with Crippen LogP contribution in [0.1, 0.15) is 138 Å². The zero-order chi connectivity index (χ0) is 38.1. The van der Waals surface area contributed by atoms with Crippen LogP contribution < -0.4 is 0 Å². The molecule has 2 unspecified atom stereocenters. The minimum atomic E-state index is -0.833. The molecule has 52 heavy (non-hydrogen) atoms. The van der Waals surface area contributed by atoms with Crippen LogP contribution in [-0.4, -0.2) is 56.6 Å². The second-order valence-corrected chi connectivity index (χ2v) is 19.3. The standard InChI is InChI=1S/2C21H30O3.C2H4O2/c2*1-12(22)19-18(24)11-17-15-5-4-13-10-14(23)6-8-20(13,2)16(15)7-9-21(17,19)3;1-2(3)4/h2*10,15-19,24H,4-9,11H2,1-3H3;1H3,(H,3,4)/t2*15-,16+,17+,18?,19+,20+,21+;/m11./s1. The molecule has 0 heterocycles. The van der Waals surface area contributed by atoms with E-state index in [1.54, 1.807) is 13.8 Å². The van der Waals surface area contributed by atoms with E-state index < -0.39 is 18.2 Å². The molecule has 8 nitrogen and oxygen atoms in total. The van der Waals surface area contributed by atoms with Crippen molar-refractivity contribution in [3.63, 3.8) is 0 Å². The van der Waals surface area contributed by atoms with E-state index in [-0.39, 0.29) is 45.1 Å². The van der Waals surface area contributed by atoms with Crippen molar-refractivity contribution in [1.29, 1.82) is 0 Å². The van der Waals surface area contributed by atoms with Crippen LogP contribution >= 0.6 is 0 Å². The van der Waals surface area contributed by atoms with Gasteiger partial charge in [-0.05, 0) is 160 Å². The Morgan fingerprint density at radius 2 is 0.923 bits per heavy atom. The van der Waals surface area contributed by atoms with Crippen molar-refractivity contribution < 1.29 is 39.3 Å². The molecule has 8 heteroatoms. The summed E-state index contributed by atoms with van der Waals surface area (Å²) < 4.78 is 0. The molecule has 8 aliphatic carbocycles. The normalized spacial score (nSPS) is 47.2. The summed E-state index contributed by atoms with van der Waals surface area (Å²) >= 11 is 0. The van der Waals surface area contributed by atoms with E-state index in [4.69, 9.17) is 9.90 Å². The number of carboxylic acids is 1. The van der Waals surface area contributed by atoms with Crippen molar-refractivity contribution in [3.8, 4) is 0 Å². The molecule has 288 valence electrons. The van der Waals surface area contributed by atoms with E-state index in [9.17, 15) is 29.4 Å². The van der Waals surface area contributed by atoms with Gasteiger partial charge in [0.2, 0.25) is 0 Å². The van der Waals surface area contributed by atoms with Gasteiger partial charge in [0, 0.05) is 31.6 Å². The summed E-state index contributed by atoms with van der Waals surface area (Å²) in [5, 5.41) is 28.6. The summed E-state index contributed by atoms with van der Waals surface area (Å²) in [6.45, 7) is 13.7. The Labute approximate surface area is 310 Å². The fourth-order valence-electron chi connectivity index (χ4n) is 14.6. The predicted octanol–water partition coefficient (Wildman–Crippen LogP) is 7.48. The molecule has 0 aromatic heterocycles. The van der Waals surface area contributed by atoms with Gasteiger partial charge in [0.15, 0.2) is 11.6 Å². The number of carbonyl (C=O) groups is 5. The van der Waals surface area contributed by atoms with Gasteiger partial charge in [-0.1, -0.05) is 38.8 Å². The average Bonchev–Trinajstić information content (AvgIpc) is 3.49. The van der Waals surface area contributed by atoms with Crippen LogP contribution in [0.25, 0.3) is 0 Å². The number of carbonyl (C=O) groups excluding carboxylic acids is 4. The average molecular weight is 721 g/mol. The van der Waals surface area contributed by atoms with Crippen molar-refractivity contribution in [2.45, 2.75) is 151 Å². The lowest BCUT2D eigenvalue weighted by molar-refractivity contribution is -0.134. The van der Waals surface area contributed by atoms with Gasteiger partial charge in [0.1, 0.15) is 11.6 Å². The van der Waals surface area contributed by atoms with Gasteiger partial charge in [-0.3, -0.25) is 24.0 Å². The lowest BCUT2D eigenvalue weighted by Crippen LogP contribution is -2.51. The maximum atomic E-state index is 12.2. The summed E-state index contributed by atoms with van der Waals surface area (Å²) in [5.74, 6) is 3.06. The van der Waals surface area contributed by atoms with E-state index in [0.29, 0.717) is 59.9 Å². The number of Topliss-reactive ketones (excluding diaryl/α,β-unsaturated/α-hetero) is 2. The number of allylic oxidation sites excluding steroid dienone is 2. The Balaban J connectivity index is 0.000000162. The fourth-order valence-corrected chi connectivity index (χ4v) is 14.6. The van der Waals surface area contributed by atoms with Crippen molar-refractivity contribution in [2.75, 3.05) is 0 Å². The van der Waals surface area contributed by atoms with Crippen LogP contribution in [0.2, 0.25) is 0 Å². The number of aliphatic hydroxyl groups excluding tert-OH is 2. The molecule has 6 saturated carbocycles. The Kier molecular flexibility index (Phi) is 10.6. The highest BCUT2D eigenvalue weighted by atomic mass is 16.4. The molecule has 0 saturated heterocycles. The summed E-state index contributed by atoms with van der Waals surface area (Å²) in [6, 6.07) is 0. The van der Waals surface area contributed by atoms with Crippen molar-refractivity contribution >= 4 is 29.1 Å². The molecule has 14 atom stereocenters. The molecule has 0 aromatic carbocycles. The molecule has 0 aliphatic heterocycles. The molecular formula is C44H64O8. The first-order valence-corrected chi connectivity index (χ1v) is 20.3. The van der Waals surface area contributed by atoms with Gasteiger partial charge in [-0.2, -0.15) is 0 Å².